The fourth-order valence-corrected chi connectivity index (χ4v) is 4.47. The summed E-state index contributed by atoms with van der Waals surface area (Å²) in [5.74, 6) is 0.616. The number of Topliss-reactive ketones (excluding diaryl/α,β-unsaturated/α-hetero) is 2. The number of aliphatic hydroxyl groups excluding tert-OH is 1. The fourth-order valence-electron chi connectivity index (χ4n) is 4.47. The molecule has 4 rings (SSSR count). The van der Waals surface area contributed by atoms with Crippen LogP contribution in [0.1, 0.15) is 62.6 Å². The third-order valence-corrected chi connectivity index (χ3v) is 5.90. The number of nitrogens with zero attached hydrogens (tertiary/aromatic N) is 3. The zero-order valence-electron chi connectivity index (χ0n) is 15.6. The molecule has 1 N–H and O–H groups in total. The Labute approximate surface area is 153 Å². The Bertz CT molecular complexity index is 762. The second-order valence-electron chi connectivity index (χ2n) is 7.82. The number of aromatic nitrogens is 2. The van der Waals surface area contributed by atoms with E-state index in [1.807, 2.05) is 11.6 Å². The van der Waals surface area contributed by atoms with Gasteiger partial charge in [0.25, 0.3) is 0 Å². The summed E-state index contributed by atoms with van der Waals surface area (Å²) >= 11 is 0. The van der Waals surface area contributed by atoms with Gasteiger partial charge in [0.2, 0.25) is 0 Å². The first-order chi connectivity index (χ1) is 12.5. The molecule has 1 saturated heterocycles. The standard InChI is InChI=1S/C20H27N3O3/c1-3-23-20(22-8-4-5-9-22)17(12(2)21-23)14-10-15(24)18(16(25)11-14)19(26)13-6-7-13/h13-14,26H,3-11H2,1-2H3. The van der Waals surface area contributed by atoms with Crippen LogP contribution in [0.3, 0.4) is 0 Å². The maximum Gasteiger partial charge on any atom is 0.170 e. The molecule has 26 heavy (non-hydrogen) atoms. The number of hydrogen-bond acceptors (Lipinski definition) is 5. The SMILES string of the molecule is CCn1nc(C)c(C2CC(=O)C(=C(O)C3CC3)C(=O)C2)c1N1CCCC1. The quantitative estimate of drug-likeness (QED) is 0.509. The van der Waals surface area contributed by atoms with E-state index in [2.05, 4.69) is 16.9 Å². The smallest absolute Gasteiger partial charge is 0.170 e. The van der Waals surface area contributed by atoms with Gasteiger partial charge >= 0.3 is 0 Å². The van der Waals surface area contributed by atoms with Crippen LogP contribution in [0.5, 0.6) is 0 Å². The minimum atomic E-state index is -0.202. The maximum atomic E-state index is 12.7. The number of aryl methyl sites for hydroxylation is 2. The molecule has 0 atom stereocenters. The van der Waals surface area contributed by atoms with Crippen molar-refractivity contribution in [3.05, 3.63) is 22.6 Å². The van der Waals surface area contributed by atoms with Gasteiger partial charge in [0.05, 0.1) is 11.3 Å². The van der Waals surface area contributed by atoms with Gasteiger partial charge in [-0.1, -0.05) is 0 Å². The van der Waals surface area contributed by atoms with Crippen molar-refractivity contribution in [2.45, 2.75) is 64.8 Å². The summed E-state index contributed by atoms with van der Waals surface area (Å²) in [7, 11) is 0. The van der Waals surface area contributed by atoms with Gasteiger partial charge in [-0.15, -0.1) is 0 Å². The lowest BCUT2D eigenvalue weighted by Gasteiger charge is -2.27. The maximum absolute atomic E-state index is 12.7. The molecule has 0 bridgehead atoms. The zero-order chi connectivity index (χ0) is 18.4. The number of hydrogen-bond donors (Lipinski definition) is 1. The average molecular weight is 357 g/mol. The minimum Gasteiger partial charge on any atom is -0.511 e. The monoisotopic (exact) mass is 357 g/mol. The lowest BCUT2D eigenvalue weighted by molar-refractivity contribution is -0.124. The van der Waals surface area contributed by atoms with Crippen LogP contribution in [0.25, 0.3) is 0 Å². The molecule has 0 radical (unpaired) electrons. The van der Waals surface area contributed by atoms with Crippen molar-refractivity contribution in [3.8, 4) is 0 Å². The normalized spacial score (nSPS) is 23.8. The highest BCUT2D eigenvalue weighted by atomic mass is 16.3. The van der Waals surface area contributed by atoms with Crippen LogP contribution in [-0.2, 0) is 16.1 Å². The van der Waals surface area contributed by atoms with Crippen molar-refractivity contribution in [3.63, 3.8) is 0 Å². The van der Waals surface area contributed by atoms with E-state index < -0.39 is 0 Å². The molecule has 1 aliphatic heterocycles. The van der Waals surface area contributed by atoms with Crippen molar-refractivity contribution in [1.82, 2.24) is 9.78 Å². The van der Waals surface area contributed by atoms with Crippen LogP contribution < -0.4 is 4.90 Å². The minimum absolute atomic E-state index is 0.0270. The fraction of sp³-hybridized carbons (Fsp3) is 0.650. The second-order valence-corrected chi connectivity index (χ2v) is 7.82. The summed E-state index contributed by atoms with van der Waals surface area (Å²) in [4.78, 5) is 27.8. The predicted molar refractivity (Wildman–Crippen MR) is 98.5 cm³/mol. The molecule has 1 aromatic rings. The van der Waals surface area contributed by atoms with Gasteiger partial charge in [0, 0.05) is 49.9 Å². The van der Waals surface area contributed by atoms with E-state index >= 15 is 0 Å². The highest BCUT2D eigenvalue weighted by Gasteiger charge is 2.40. The van der Waals surface area contributed by atoms with Crippen molar-refractivity contribution < 1.29 is 14.7 Å². The van der Waals surface area contributed by atoms with Crippen LogP contribution in [-0.4, -0.2) is 39.5 Å². The van der Waals surface area contributed by atoms with E-state index in [-0.39, 0.29) is 47.6 Å². The molecular formula is C20H27N3O3. The Morgan fingerprint density at radius 1 is 1.15 bits per heavy atom. The Hall–Kier alpha value is -2.11. The number of carbonyl (C=O) groups excluding carboxylic acids is 2. The molecule has 3 aliphatic rings. The molecule has 2 saturated carbocycles. The molecule has 140 valence electrons. The van der Waals surface area contributed by atoms with Crippen LogP contribution in [0.15, 0.2) is 11.3 Å². The van der Waals surface area contributed by atoms with E-state index in [9.17, 15) is 14.7 Å². The van der Waals surface area contributed by atoms with E-state index in [0.29, 0.717) is 0 Å². The molecule has 2 aliphatic carbocycles. The lowest BCUT2D eigenvalue weighted by Crippen LogP contribution is -2.29. The molecular weight excluding hydrogens is 330 g/mol. The summed E-state index contributed by atoms with van der Waals surface area (Å²) < 4.78 is 2.01. The first kappa shape index (κ1) is 17.3. The third-order valence-electron chi connectivity index (χ3n) is 5.90. The Morgan fingerprint density at radius 3 is 2.31 bits per heavy atom. The number of anilines is 1. The van der Waals surface area contributed by atoms with E-state index in [1.165, 1.54) is 0 Å². The predicted octanol–water partition coefficient (Wildman–Crippen LogP) is 3.05. The molecule has 3 fully saturated rings. The van der Waals surface area contributed by atoms with Crippen molar-refractivity contribution >= 4 is 17.4 Å². The van der Waals surface area contributed by atoms with E-state index in [1.54, 1.807) is 0 Å². The Balaban J connectivity index is 1.68. The van der Waals surface area contributed by atoms with Crippen LogP contribution >= 0.6 is 0 Å². The van der Waals surface area contributed by atoms with Gasteiger partial charge in [-0.05, 0) is 39.5 Å². The average Bonchev–Trinajstić information content (AvgIpc) is 3.20. The van der Waals surface area contributed by atoms with Gasteiger partial charge in [-0.2, -0.15) is 5.10 Å². The zero-order valence-corrected chi connectivity index (χ0v) is 15.6. The van der Waals surface area contributed by atoms with Crippen molar-refractivity contribution in [2.75, 3.05) is 18.0 Å². The first-order valence-electron chi connectivity index (χ1n) is 9.83. The van der Waals surface area contributed by atoms with Crippen molar-refractivity contribution in [1.29, 1.82) is 0 Å². The second kappa shape index (κ2) is 6.56. The molecule has 0 spiro atoms. The number of aliphatic hydroxyl groups is 1. The van der Waals surface area contributed by atoms with Gasteiger partial charge in [-0.3, -0.25) is 9.59 Å². The highest BCUT2D eigenvalue weighted by Crippen LogP contribution is 2.43. The summed E-state index contributed by atoms with van der Waals surface area (Å²) in [6.45, 7) is 6.82. The topological polar surface area (TPSA) is 75.4 Å². The Morgan fingerprint density at radius 2 is 1.77 bits per heavy atom. The lowest BCUT2D eigenvalue weighted by atomic mass is 9.79. The Kier molecular flexibility index (Phi) is 4.37. The molecule has 6 nitrogen and oxygen atoms in total. The van der Waals surface area contributed by atoms with Gasteiger partial charge < -0.3 is 10.0 Å². The van der Waals surface area contributed by atoms with E-state index in [0.717, 1.165) is 62.4 Å². The summed E-state index contributed by atoms with van der Waals surface area (Å²) in [6, 6.07) is 0. The van der Waals surface area contributed by atoms with Crippen LogP contribution in [0, 0.1) is 12.8 Å². The highest BCUT2D eigenvalue weighted by molar-refractivity contribution is 6.22. The molecule has 1 aromatic heterocycles. The van der Waals surface area contributed by atoms with E-state index in [4.69, 9.17) is 0 Å². The summed E-state index contributed by atoms with van der Waals surface area (Å²) in [5, 5.41) is 14.9. The molecule has 0 unspecified atom stereocenters. The number of allylic oxidation sites excluding steroid dienone is 2. The summed E-state index contributed by atoms with van der Waals surface area (Å²) in [6.07, 6.45) is 4.65. The van der Waals surface area contributed by atoms with Gasteiger partial charge in [0.1, 0.15) is 11.6 Å². The van der Waals surface area contributed by atoms with Crippen LogP contribution in [0.4, 0.5) is 5.82 Å². The summed E-state index contributed by atoms with van der Waals surface area (Å²) in [5.41, 5.74) is 2.05. The van der Waals surface area contributed by atoms with Gasteiger partial charge in [0.15, 0.2) is 11.6 Å². The van der Waals surface area contributed by atoms with Crippen LogP contribution in [0.2, 0.25) is 0 Å². The number of rotatable bonds is 4. The molecule has 2 heterocycles. The largest absolute Gasteiger partial charge is 0.511 e. The van der Waals surface area contributed by atoms with Gasteiger partial charge in [-0.25, -0.2) is 4.68 Å². The molecule has 0 aromatic carbocycles. The van der Waals surface area contributed by atoms with Crippen molar-refractivity contribution in [2.24, 2.45) is 5.92 Å². The number of ketones is 2. The first-order valence-corrected chi connectivity index (χ1v) is 9.83. The molecule has 0 amide bonds. The number of carbonyl (C=O) groups is 2. The molecule has 6 heteroatoms. The third kappa shape index (κ3) is 2.85.